The Balaban J connectivity index is 1.60. The lowest BCUT2D eigenvalue weighted by Crippen LogP contribution is -2.60. The van der Waals surface area contributed by atoms with E-state index in [9.17, 15) is 9.59 Å². The van der Waals surface area contributed by atoms with Gasteiger partial charge in [-0.15, -0.1) is 0 Å². The minimum Gasteiger partial charge on any atom is -0.444 e. The molecule has 0 N–H and O–H groups in total. The molecule has 2 fully saturated rings. The number of aromatic nitrogens is 1. The Bertz CT molecular complexity index is 785. The van der Waals surface area contributed by atoms with Crippen LogP contribution in [-0.4, -0.2) is 52.3 Å². The Labute approximate surface area is 146 Å². The van der Waals surface area contributed by atoms with Crippen LogP contribution in [0.1, 0.15) is 36.0 Å². The molecule has 0 radical (unpaired) electrons. The largest absolute Gasteiger partial charge is 0.444 e. The first kappa shape index (κ1) is 15.9. The highest BCUT2D eigenvalue weighted by atomic mass is 16.3. The second-order valence-electron chi connectivity index (χ2n) is 6.87. The van der Waals surface area contributed by atoms with Gasteiger partial charge in [0.15, 0.2) is 12.2 Å². The topological polar surface area (TPSA) is 66.7 Å². The fourth-order valence-corrected chi connectivity index (χ4v) is 4.12. The molecule has 0 aliphatic carbocycles. The Kier molecular flexibility index (Phi) is 3.82. The third kappa shape index (κ3) is 2.52. The predicted octanol–water partition coefficient (Wildman–Crippen LogP) is 2.57. The number of benzene rings is 1. The van der Waals surface area contributed by atoms with Crippen molar-refractivity contribution in [1.82, 2.24) is 14.8 Å². The fourth-order valence-electron chi connectivity index (χ4n) is 4.12. The van der Waals surface area contributed by atoms with E-state index in [2.05, 4.69) is 4.98 Å². The van der Waals surface area contributed by atoms with Gasteiger partial charge < -0.3 is 14.2 Å². The van der Waals surface area contributed by atoms with Crippen LogP contribution < -0.4 is 0 Å². The molecule has 1 aromatic carbocycles. The van der Waals surface area contributed by atoms with Gasteiger partial charge in [-0.3, -0.25) is 9.59 Å². The first-order valence-corrected chi connectivity index (χ1v) is 8.68. The quantitative estimate of drug-likeness (QED) is 0.843. The molecule has 2 saturated heterocycles. The summed E-state index contributed by atoms with van der Waals surface area (Å²) < 4.78 is 5.28. The van der Waals surface area contributed by atoms with Crippen molar-refractivity contribution in [3.63, 3.8) is 0 Å². The fraction of sp³-hybridized carbons (Fsp3) is 0.421. The molecule has 4 rings (SSSR count). The van der Waals surface area contributed by atoms with Crippen molar-refractivity contribution in [1.29, 1.82) is 0 Å². The molecule has 3 heterocycles. The molecule has 1 spiro atoms. The lowest BCUT2D eigenvalue weighted by Gasteiger charge is -2.43. The first-order valence-electron chi connectivity index (χ1n) is 8.68. The molecule has 1 unspecified atom stereocenters. The molecule has 1 aromatic heterocycles. The Morgan fingerprint density at radius 3 is 2.56 bits per heavy atom. The molecular formula is C19H21N3O3. The summed E-state index contributed by atoms with van der Waals surface area (Å²) in [6.07, 6.45) is 6.37. The molecule has 2 aliphatic heterocycles. The van der Waals surface area contributed by atoms with Crippen molar-refractivity contribution in [3.05, 3.63) is 42.4 Å². The van der Waals surface area contributed by atoms with Gasteiger partial charge in [0.25, 0.3) is 5.91 Å². The highest BCUT2D eigenvalue weighted by molar-refractivity contribution is 6.00. The summed E-state index contributed by atoms with van der Waals surface area (Å²) in [5.41, 5.74) is 0.831. The number of carbonyl (C=O) groups is 2. The van der Waals surface area contributed by atoms with Gasteiger partial charge in [-0.25, -0.2) is 4.98 Å². The van der Waals surface area contributed by atoms with Crippen LogP contribution >= 0.6 is 0 Å². The van der Waals surface area contributed by atoms with Gasteiger partial charge in [-0.1, -0.05) is 12.1 Å². The van der Waals surface area contributed by atoms with Gasteiger partial charge in [0, 0.05) is 31.3 Å². The van der Waals surface area contributed by atoms with E-state index in [-0.39, 0.29) is 11.8 Å². The van der Waals surface area contributed by atoms with E-state index in [1.54, 1.807) is 28.1 Å². The van der Waals surface area contributed by atoms with Gasteiger partial charge in [0.2, 0.25) is 5.91 Å². The Morgan fingerprint density at radius 2 is 1.88 bits per heavy atom. The first-order chi connectivity index (χ1) is 12.1. The third-order valence-electron chi connectivity index (χ3n) is 5.41. The van der Waals surface area contributed by atoms with E-state index >= 15 is 0 Å². The molecule has 130 valence electrons. The summed E-state index contributed by atoms with van der Waals surface area (Å²) >= 11 is 0. The number of nitrogens with zero attached hydrogens (tertiary/aromatic N) is 3. The smallest absolute Gasteiger partial charge is 0.254 e. The number of oxazole rings is 1. The number of likely N-dealkylation sites (tertiary alicyclic amines) is 2. The van der Waals surface area contributed by atoms with Gasteiger partial charge >= 0.3 is 0 Å². The zero-order chi connectivity index (χ0) is 17.4. The summed E-state index contributed by atoms with van der Waals surface area (Å²) in [7, 11) is 1.83. The highest BCUT2D eigenvalue weighted by Crippen LogP contribution is 2.38. The van der Waals surface area contributed by atoms with Crippen molar-refractivity contribution < 1.29 is 14.0 Å². The van der Waals surface area contributed by atoms with Crippen molar-refractivity contribution in [3.8, 4) is 11.3 Å². The monoisotopic (exact) mass is 339 g/mol. The van der Waals surface area contributed by atoms with Crippen LogP contribution in [0.2, 0.25) is 0 Å². The van der Waals surface area contributed by atoms with Crippen LogP contribution in [0.5, 0.6) is 0 Å². The summed E-state index contributed by atoms with van der Waals surface area (Å²) in [6.45, 7) is 1.41. The van der Waals surface area contributed by atoms with Crippen LogP contribution in [0, 0.1) is 0 Å². The van der Waals surface area contributed by atoms with E-state index in [1.165, 1.54) is 6.39 Å². The molecule has 0 saturated carbocycles. The SMILES string of the molecule is CN1CCCC2(CCCN2C(=O)c2ccc(-c3cnco3)cc2)C1=O. The van der Waals surface area contributed by atoms with E-state index in [0.717, 1.165) is 37.8 Å². The van der Waals surface area contributed by atoms with E-state index in [4.69, 9.17) is 4.42 Å². The molecular weight excluding hydrogens is 318 g/mol. The lowest BCUT2D eigenvalue weighted by molar-refractivity contribution is -0.144. The van der Waals surface area contributed by atoms with Crippen LogP contribution in [-0.2, 0) is 4.79 Å². The Morgan fingerprint density at radius 1 is 1.16 bits per heavy atom. The number of amides is 2. The maximum absolute atomic E-state index is 13.1. The van der Waals surface area contributed by atoms with Crippen LogP contribution in [0.3, 0.4) is 0 Å². The average molecular weight is 339 g/mol. The number of piperidine rings is 1. The van der Waals surface area contributed by atoms with Crippen LogP contribution in [0.25, 0.3) is 11.3 Å². The van der Waals surface area contributed by atoms with Gasteiger partial charge in [0.05, 0.1) is 6.20 Å². The highest BCUT2D eigenvalue weighted by Gasteiger charge is 2.52. The summed E-state index contributed by atoms with van der Waals surface area (Å²) in [5, 5.41) is 0. The molecule has 1 atom stereocenters. The maximum atomic E-state index is 13.1. The maximum Gasteiger partial charge on any atom is 0.254 e. The zero-order valence-corrected chi connectivity index (χ0v) is 14.3. The van der Waals surface area contributed by atoms with Gasteiger partial charge in [-0.05, 0) is 37.8 Å². The molecule has 6 nitrogen and oxygen atoms in total. The van der Waals surface area contributed by atoms with Gasteiger partial charge in [0.1, 0.15) is 5.54 Å². The number of hydrogen-bond donors (Lipinski definition) is 0. The third-order valence-corrected chi connectivity index (χ3v) is 5.41. The number of likely N-dealkylation sites (N-methyl/N-ethyl adjacent to an activating group) is 1. The zero-order valence-electron chi connectivity index (χ0n) is 14.3. The summed E-state index contributed by atoms with van der Waals surface area (Å²) in [6, 6.07) is 7.29. The molecule has 25 heavy (non-hydrogen) atoms. The second-order valence-corrected chi connectivity index (χ2v) is 6.87. The minimum absolute atomic E-state index is 0.0646. The van der Waals surface area contributed by atoms with Crippen molar-refractivity contribution in [2.45, 2.75) is 31.2 Å². The van der Waals surface area contributed by atoms with E-state index in [0.29, 0.717) is 17.9 Å². The average Bonchev–Trinajstić information content (AvgIpc) is 3.30. The van der Waals surface area contributed by atoms with Crippen LogP contribution in [0.15, 0.2) is 41.3 Å². The summed E-state index contributed by atoms with van der Waals surface area (Å²) in [4.78, 5) is 33.4. The number of rotatable bonds is 2. The van der Waals surface area contributed by atoms with Crippen molar-refractivity contribution >= 4 is 11.8 Å². The number of hydrogen-bond acceptors (Lipinski definition) is 4. The molecule has 0 bridgehead atoms. The standard InChI is InChI=1S/C19H21N3O3/c1-21-10-2-8-19(18(21)24)9-3-11-22(19)17(23)15-6-4-14(5-7-15)16-12-20-13-25-16/h4-7,12-13H,2-3,8-11H2,1H3. The molecule has 2 aromatic rings. The summed E-state index contributed by atoms with van der Waals surface area (Å²) in [5.74, 6) is 0.689. The molecule has 2 amide bonds. The normalized spacial score (nSPS) is 23.5. The molecule has 2 aliphatic rings. The lowest BCUT2D eigenvalue weighted by atomic mass is 9.85. The molecule has 6 heteroatoms. The predicted molar refractivity (Wildman–Crippen MR) is 91.8 cm³/mol. The van der Waals surface area contributed by atoms with Gasteiger partial charge in [-0.2, -0.15) is 0 Å². The van der Waals surface area contributed by atoms with Crippen molar-refractivity contribution in [2.75, 3.05) is 20.1 Å². The van der Waals surface area contributed by atoms with Crippen molar-refractivity contribution in [2.24, 2.45) is 0 Å². The minimum atomic E-state index is -0.645. The number of carbonyl (C=O) groups excluding carboxylic acids is 2. The van der Waals surface area contributed by atoms with Crippen LogP contribution in [0.4, 0.5) is 0 Å². The Hall–Kier alpha value is -2.63. The van der Waals surface area contributed by atoms with E-state index in [1.807, 2.05) is 19.2 Å². The van der Waals surface area contributed by atoms with E-state index < -0.39 is 5.54 Å². The second kappa shape index (κ2) is 6.02.